The Morgan fingerprint density at radius 3 is 2.88 bits per heavy atom. The van der Waals surface area contributed by atoms with Gasteiger partial charge in [0.25, 0.3) is 5.91 Å². The molecule has 17 heavy (non-hydrogen) atoms. The molecule has 1 aromatic rings. The molecule has 0 spiro atoms. The number of hydrogen-bond donors (Lipinski definition) is 1. The maximum atomic E-state index is 11.7. The lowest BCUT2D eigenvalue weighted by Gasteiger charge is -2.08. The summed E-state index contributed by atoms with van der Waals surface area (Å²) in [5.41, 5.74) is 0. The van der Waals surface area contributed by atoms with E-state index < -0.39 is 0 Å². The highest BCUT2D eigenvalue weighted by Crippen LogP contribution is 2.32. The number of carbonyl (C=O) groups excluding carboxylic acids is 1. The maximum Gasteiger partial charge on any atom is 0.261 e. The van der Waals surface area contributed by atoms with Crippen LogP contribution in [0.3, 0.4) is 0 Å². The third kappa shape index (κ3) is 5.26. The molecule has 0 aliphatic rings. The Hall–Kier alpha value is 0.380. The summed E-state index contributed by atoms with van der Waals surface area (Å²) in [6.07, 6.45) is 0.689. The van der Waals surface area contributed by atoms with Crippen molar-refractivity contribution in [2.24, 2.45) is 0 Å². The fourth-order valence-electron chi connectivity index (χ4n) is 1.15. The van der Waals surface area contributed by atoms with Crippen molar-refractivity contribution in [1.82, 2.24) is 5.32 Å². The number of rotatable bonds is 6. The standard InChI is InChI=1S/C10H12Br2ClNO2S/c1-16-5-6(13)2-3-14-10(15)8-4-7(11)9(12)17-8/h4,6H,2-3,5H2,1H3,(H,14,15). The molecule has 0 saturated heterocycles. The molecule has 3 nitrogen and oxygen atoms in total. The van der Waals surface area contributed by atoms with Crippen LogP contribution >= 0.6 is 54.8 Å². The zero-order valence-corrected chi connectivity index (χ0v) is 13.9. The molecule has 1 aromatic heterocycles. The average Bonchev–Trinajstić information content (AvgIpc) is 2.59. The zero-order chi connectivity index (χ0) is 12.8. The van der Waals surface area contributed by atoms with E-state index in [1.54, 1.807) is 13.2 Å². The number of thiophene rings is 1. The van der Waals surface area contributed by atoms with Crippen LogP contribution in [0.25, 0.3) is 0 Å². The van der Waals surface area contributed by atoms with Crippen LogP contribution in [0.1, 0.15) is 16.1 Å². The fraction of sp³-hybridized carbons (Fsp3) is 0.500. The van der Waals surface area contributed by atoms with Gasteiger partial charge in [0.1, 0.15) is 0 Å². The summed E-state index contributed by atoms with van der Waals surface area (Å²) in [5.74, 6) is -0.0808. The number of nitrogens with one attached hydrogen (secondary N) is 1. The Labute approximate surface area is 126 Å². The smallest absolute Gasteiger partial charge is 0.261 e. The normalized spacial score (nSPS) is 12.5. The van der Waals surface area contributed by atoms with Crippen LogP contribution in [-0.2, 0) is 4.74 Å². The van der Waals surface area contributed by atoms with Crippen molar-refractivity contribution in [2.75, 3.05) is 20.3 Å². The quantitative estimate of drug-likeness (QED) is 0.734. The monoisotopic (exact) mass is 403 g/mol. The Kier molecular flexibility index (Phi) is 7.02. The lowest BCUT2D eigenvalue weighted by Crippen LogP contribution is -2.26. The molecule has 0 saturated carbocycles. The van der Waals surface area contributed by atoms with Crippen molar-refractivity contribution in [3.8, 4) is 0 Å². The van der Waals surface area contributed by atoms with E-state index in [4.69, 9.17) is 16.3 Å². The van der Waals surface area contributed by atoms with E-state index in [0.717, 1.165) is 8.26 Å². The molecular formula is C10H12Br2ClNO2S. The number of alkyl halides is 1. The molecule has 1 N–H and O–H groups in total. The molecule has 0 aromatic carbocycles. The lowest BCUT2D eigenvalue weighted by atomic mass is 10.3. The maximum absolute atomic E-state index is 11.7. The van der Waals surface area contributed by atoms with E-state index in [1.165, 1.54) is 11.3 Å². The fourth-order valence-corrected chi connectivity index (χ4v) is 3.34. The van der Waals surface area contributed by atoms with Crippen molar-refractivity contribution in [1.29, 1.82) is 0 Å². The van der Waals surface area contributed by atoms with Gasteiger partial charge in [0, 0.05) is 18.1 Å². The first-order valence-corrected chi connectivity index (χ1v) is 7.74. The van der Waals surface area contributed by atoms with Gasteiger partial charge in [-0.15, -0.1) is 22.9 Å². The molecule has 1 amide bonds. The first-order valence-electron chi connectivity index (χ1n) is 4.90. The van der Waals surface area contributed by atoms with Gasteiger partial charge < -0.3 is 10.1 Å². The van der Waals surface area contributed by atoms with Gasteiger partial charge in [0.2, 0.25) is 0 Å². The van der Waals surface area contributed by atoms with Crippen LogP contribution in [0.15, 0.2) is 14.3 Å². The third-order valence-corrected chi connectivity index (χ3v) is 5.56. The average molecular weight is 406 g/mol. The molecule has 1 heterocycles. The highest BCUT2D eigenvalue weighted by molar-refractivity contribution is 9.13. The SMILES string of the molecule is COCC(Cl)CCNC(=O)c1cc(Br)c(Br)s1. The van der Waals surface area contributed by atoms with Gasteiger partial charge in [0.05, 0.1) is 20.6 Å². The van der Waals surface area contributed by atoms with Crippen LogP contribution in [-0.4, -0.2) is 31.5 Å². The van der Waals surface area contributed by atoms with Gasteiger partial charge >= 0.3 is 0 Å². The van der Waals surface area contributed by atoms with Crippen molar-refractivity contribution in [3.63, 3.8) is 0 Å². The largest absolute Gasteiger partial charge is 0.383 e. The molecule has 1 rings (SSSR count). The summed E-state index contributed by atoms with van der Waals surface area (Å²) >= 11 is 14.0. The molecular weight excluding hydrogens is 393 g/mol. The first-order chi connectivity index (χ1) is 8.04. The van der Waals surface area contributed by atoms with Crippen molar-refractivity contribution >= 4 is 60.7 Å². The molecule has 96 valence electrons. The zero-order valence-electron chi connectivity index (χ0n) is 9.13. The van der Waals surface area contributed by atoms with Gasteiger partial charge in [-0.1, -0.05) is 0 Å². The minimum Gasteiger partial charge on any atom is -0.383 e. The molecule has 1 unspecified atom stereocenters. The first kappa shape index (κ1) is 15.4. The van der Waals surface area contributed by atoms with Gasteiger partial charge in [-0.25, -0.2) is 0 Å². The molecule has 0 bridgehead atoms. The Morgan fingerprint density at radius 1 is 1.65 bits per heavy atom. The van der Waals surface area contributed by atoms with Crippen LogP contribution in [0.5, 0.6) is 0 Å². The Morgan fingerprint density at radius 2 is 2.35 bits per heavy atom. The van der Waals surface area contributed by atoms with Crippen molar-refractivity contribution in [3.05, 3.63) is 19.2 Å². The lowest BCUT2D eigenvalue weighted by molar-refractivity contribution is 0.0955. The van der Waals surface area contributed by atoms with Gasteiger partial charge in [0.15, 0.2) is 0 Å². The Balaban J connectivity index is 2.35. The highest BCUT2D eigenvalue weighted by Gasteiger charge is 2.12. The third-order valence-electron chi connectivity index (χ3n) is 1.96. The van der Waals surface area contributed by atoms with Crippen LogP contribution in [0.4, 0.5) is 0 Å². The Bertz CT molecular complexity index is 367. The van der Waals surface area contributed by atoms with Crippen LogP contribution in [0, 0.1) is 0 Å². The summed E-state index contributed by atoms with van der Waals surface area (Å²) in [6.45, 7) is 1.04. The van der Waals surface area contributed by atoms with Crippen LogP contribution in [0.2, 0.25) is 0 Å². The van der Waals surface area contributed by atoms with Crippen LogP contribution < -0.4 is 5.32 Å². The predicted octanol–water partition coefficient (Wildman–Crippen LogP) is 3.65. The molecule has 0 fully saturated rings. The topological polar surface area (TPSA) is 38.3 Å². The number of methoxy groups -OCH3 is 1. The van der Waals surface area contributed by atoms with E-state index in [0.29, 0.717) is 24.4 Å². The van der Waals surface area contributed by atoms with Gasteiger partial charge in [-0.2, -0.15) is 0 Å². The number of amides is 1. The molecule has 0 aliphatic carbocycles. The van der Waals surface area contributed by atoms with Crippen molar-refractivity contribution < 1.29 is 9.53 Å². The summed E-state index contributed by atoms with van der Waals surface area (Å²) in [5, 5.41) is 2.75. The summed E-state index contributed by atoms with van der Waals surface area (Å²) in [4.78, 5) is 12.4. The van der Waals surface area contributed by atoms with E-state index in [9.17, 15) is 4.79 Å². The summed E-state index contributed by atoms with van der Waals surface area (Å²) < 4.78 is 6.71. The van der Waals surface area contributed by atoms with E-state index in [1.807, 2.05) is 0 Å². The minimum atomic E-state index is -0.0808. The van der Waals surface area contributed by atoms with Gasteiger partial charge in [-0.3, -0.25) is 4.79 Å². The molecule has 0 radical (unpaired) electrons. The summed E-state index contributed by atoms with van der Waals surface area (Å²) in [7, 11) is 1.61. The minimum absolute atomic E-state index is 0.0675. The second-order valence-corrected chi connectivity index (χ2v) is 7.17. The van der Waals surface area contributed by atoms with Gasteiger partial charge in [-0.05, 0) is 44.3 Å². The molecule has 1 atom stereocenters. The number of ether oxygens (including phenoxy) is 1. The second-order valence-electron chi connectivity index (χ2n) is 3.33. The number of hydrogen-bond acceptors (Lipinski definition) is 3. The van der Waals surface area contributed by atoms with E-state index >= 15 is 0 Å². The summed E-state index contributed by atoms with van der Waals surface area (Å²) in [6, 6.07) is 1.79. The van der Waals surface area contributed by atoms with E-state index in [-0.39, 0.29) is 11.3 Å². The van der Waals surface area contributed by atoms with Crippen molar-refractivity contribution in [2.45, 2.75) is 11.8 Å². The molecule has 0 aliphatic heterocycles. The number of carbonyl (C=O) groups is 1. The number of halogens is 3. The molecule has 7 heteroatoms. The van der Waals surface area contributed by atoms with E-state index in [2.05, 4.69) is 37.2 Å². The predicted molar refractivity (Wildman–Crippen MR) is 78.2 cm³/mol. The second kappa shape index (κ2) is 7.74. The highest BCUT2D eigenvalue weighted by atomic mass is 79.9.